The SMILES string of the molecule is COc1ccc(F)cc1C(=O)N1CCC2CCC(C1)N2. The highest BCUT2D eigenvalue weighted by Crippen LogP contribution is 2.25. The van der Waals surface area contributed by atoms with Gasteiger partial charge in [-0.25, -0.2) is 4.39 Å². The molecule has 0 saturated carbocycles. The molecule has 2 saturated heterocycles. The highest BCUT2D eigenvalue weighted by molar-refractivity contribution is 5.97. The number of rotatable bonds is 2. The van der Waals surface area contributed by atoms with E-state index in [-0.39, 0.29) is 5.91 Å². The first kappa shape index (κ1) is 13.4. The lowest BCUT2D eigenvalue weighted by Gasteiger charge is -2.25. The molecule has 1 amide bonds. The topological polar surface area (TPSA) is 41.6 Å². The average molecular weight is 278 g/mol. The van der Waals surface area contributed by atoms with E-state index in [4.69, 9.17) is 4.74 Å². The van der Waals surface area contributed by atoms with E-state index in [1.165, 1.54) is 31.7 Å². The van der Waals surface area contributed by atoms with Gasteiger partial charge in [-0.05, 0) is 37.5 Å². The van der Waals surface area contributed by atoms with E-state index < -0.39 is 5.82 Å². The second-order valence-electron chi connectivity index (χ2n) is 5.52. The highest BCUT2D eigenvalue weighted by atomic mass is 19.1. The third kappa shape index (κ3) is 2.50. The molecule has 1 N–H and O–H groups in total. The maximum Gasteiger partial charge on any atom is 0.257 e. The van der Waals surface area contributed by atoms with E-state index in [1.807, 2.05) is 4.90 Å². The number of nitrogens with one attached hydrogen (secondary N) is 1. The van der Waals surface area contributed by atoms with Crippen LogP contribution in [-0.2, 0) is 0 Å². The lowest BCUT2D eigenvalue weighted by Crippen LogP contribution is -2.39. The van der Waals surface area contributed by atoms with Crippen LogP contribution in [0.5, 0.6) is 5.75 Å². The standard InChI is InChI=1S/C15H19FN2O2/c1-20-14-5-2-10(16)8-13(14)15(19)18-7-6-11-3-4-12(9-18)17-11/h2,5,8,11-12,17H,3-4,6-7,9H2,1H3. The van der Waals surface area contributed by atoms with Gasteiger partial charge < -0.3 is 15.0 Å². The minimum Gasteiger partial charge on any atom is -0.496 e. The predicted octanol–water partition coefficient (Wildman–Crippen LogP) is 1.80. The molecule has 2 fully saturated rings. The maximum atomic E-state index is 13.4. The Kier molecular flexibility index (Phi) is 3.61. The fourth-order valence-corrected chi connectivity index (χ4v) is 3.15. The van der Waals surface area contributed by atoms with Gasteiger partial charge in [0.25, 0.3) is 5.91 Å². The van der Waals surface area contributed by atoms with Crippen molar-refractivity contribution in [3.63, 3.8) is 0 Å². The van der Waals surface area contributed by atoms with Crippen molar-refractivity contribution >= 4 is 5.91 Å². The zero-order valence-electron chi connectivity index (χ0n) is 11.6. The number of methoxy groups -OCH3 is 1. The molecule has 2 bridgehead atoms. The number of halogens is 1. The molecule has 3 rings (SSSR count). The Morgan fingerprint density at radius 2 is 2.15 bits per heavy atom. The third-order valence-electron chi connectivity index (χ3n) is 4.20. The van der Waals surface area contributed by atoms with Crippen molar-refractivity contribution in [2.45, 2.75) is 31.3 Å². The van der Waals surface area contributed by atoms with Crippen molar-refractivity contribution in [2.24, 2.45) is 0 Å². The fraction of sp³-hybridized carbons (Fsp3) is 0.533. The molecule has 1 aromatic rings. The lowest BCUT2D eigenvalue weighted by molar-refractivity contribution is 0.0744. The number of fused-ring (bicyclic) bond motifs is 2. The minimum atomic E-state index is -0.413. The molecule has 1 aromatic carbocycles. The first-order valence-corrected chi connectivity index (χ1v) is 7.06. The van der Waals surface area contributed by atoms with Crippen molar-refractivity contribution in [1.29, 1.82) is 0 Å². The fourth-order valence-electron chi connectivity index (χ4n) is 3.15. The summed E-state index contributed by atoms with van der Waals surface area (Å²) in [6.07, 6.45) is 3.25. The predicted molar refractivity (Wildman–Crippen MR) is 73.4 cm³/mol. The number of carbonyl (C=O) groups excluding carboxylic acids is 1. The number of hydrogen-bond acceptors (Lipinski definition) is 3. The van der Waals surface area contributed by atoms with Crippen LogP contribution in [0.3, 0.4) is 0 Å². The van der Waals surface area contributed by atoms with E-state index in [2.05, 4.69) is 5.32 Å². The zero-order chi connectivity index (χ0) is 14.1. The van der Waals surface area contributed by atoms with Gasteiger partial charge in [-0.1, -0.05) is 0 Å². The highest BCUT2D eigenvalue weighted by Gasteiger charge is 2.32. The maximum absolute atomic E-state index is 13.4. The Hall–Kier alpha value is -1.62. The van der Waals surface area contributed by atoms with Crippen LogP contribution in [0.1, 0.15) is 29.6 Å². The van der Waals surface area contributed by atoms with Crippen LogP contribution in [0.2, 0.25) is 0 Å². The molecule has 0 aliphatic carbocycles. The van der Waals surface area contributed by atoms with Crippen LogP contribution in [0.15, 0.2) is 18.2 Å². The number of carbonyl (C=O) groups is 1. The monoisotopic (exact) mass is 278 g/mol. The van der Waals surface area contributed by atoms with Gasteiger partial charge in [0.15, 0.2) is 0 Å². The minimum absolute atomic E-state index is 0.143. The molecule has 4 nitrogen and oxygen atoms in total. The Labute approximate surface area is 117 Å². The number of amides is 1. The number of ether oxygens (including phenoxy) is 1. The molecule has 2 unspecified atom stereocenters. The van der Waals surface area contributed by atoms with Crippen molar-refractivity contribution in [1.82, 2.24) is 10.2 Å². The van der Waals surface area contributed by atoms with E-state index in [1.54, 1.807) is 0 Å². The van der Waals surface area contributed by atoms with E-state index in [9.17, 15) is 9.18 Å². The summed E-state index contributed by atoms with van der Waals surface area (Å²) in [5, 5.41) is 3.53. The molecule has 2 aliphatic heterocycles. The molecule has 108 valence electrons. The molecule has 2 heterocycles. The van der Waals surface area contributed by atoms with Crippen LogP contribution in [0.25, 0.3) is 0 Å². The zero-order valence-corrected chi connectivity index (χ0v) is 11.6. The summed E-state index contributed by atoms with van der Waals surface area (Å²) in [4.78, 5) is 14.4. The van der Waals surface area contributed by atoms with Gasteiger partial charge in [-0.2, -0.15) is 0 Å². The van der Waals surface area contributed by atoms with Gasteiger partial charge in [0.1, 0.15) is 11.6 Å². The number of benzene rings is 1. The Morgan fingerprint density at radius 1 is 1.35 bits per heavy atom. The number of likely N-dealkylation sites (tertiary alicyclic amines) is 1. The van der Waals surface area contributed by atoms with Gasteiger partial charge >= 0.3 is 0 Å². The van der Waals surface area contributed by atoms with Crippen molar-refractivity contribution < 1.29 is 13.9 Å². The van der Waals surface area contributed by atoms with Gasteiger partial charge in [-0.15, -0.1) is 0 Å². The van der Waals surface area contributed by atoms with Crippen LogP contribution >= 0.6 is 0 Å². The van der Waals surface area contributed by atoms with Gasteiger partial charge in [0.2, 0.25) is 0 Å². The molecule has 2 atom stereocenters. The summed E-state index contributed by atoms with van der Waals surface area (Å²) in [5.41, 5.74) is 0.310. The van der Waals surface area contributed by atoms with Crippen molar-refractivity contribution in [2.75, 3.05) is 20.2 Å². The first-order valence-electron chi connectivity index (χ1n) is 7.06. The summed E-state index contributed by atoms with van der Waals surface area (Å²) in [6, 6.07) is 4.96. The number of nitrogens with zero attached hydrogens (tertiary/aromatic N) is 1. The summed E-state index contributed by atoms with van der Waals surface area (Å²) >= 11 is 0. The Balaban J connectivity index is 1.83. The number of hydrogen-bond donors (Lipinski definition) is 1. The summed E-state index contributed by atoms with van der Waals surface area (Å²) < 4.78 is 18.6. The van der Waals surface area contributed by atoms with Crippen LogP contribution < -0.4 is 10.1 Å². The molecule has 2 aliphatic rings. The normalized spacial score (nSPS) is 25.4. The first-order chi connectivity index (χ1) is 9.67. The van der Waals surface area contributed by atoms with Crippen molar-refractivity contribution in [3.05, 3.63) is 29.6 Å². The summed E-state index contributed by atoms with van der Waals surface area (Å²) in [6.45, 7) is 1.40. The largest absolute Gasteiger partial charge is 0.496 e. The van der Waals surface area contributed by atoms with E-state index >= 15 is 0 Å². The van der Waals surface area contributed by atoms with Crippen LogP contribution in [0, 0.1) is 5.82 Å². The second kappa shape index (κ2) is 5.40. The van der Waals surface area contributed by atoms with Gasteiger partial charge in [0.05, 0.1) is 12.7 Å². The molecule has 0 aromatic heterocycles. The molecule has 0 spiro atoms. The van der Waals surface area contributed by atoms with Crippen LogP contribution in [0.4, 0.5) is 4.39 Å². The molecule has 0 radical (unpaired) electrons. The van der Waals surface area contributed by atoms with E-state index in [0.717, 1.165) is 12.8 Å². The van der Waals surface area contributed by atoms with Crippen molar-refractivity contribution in [3.8, 4) is 5.75 Å². The molecule has 5 heteroatoms. The molecular formula is C15H19FN2O2. The molecule has 20 heavy (non-hydrogen) atoms. The smallest absolute Gasteiger partial charge is 0.257 e. The Morgan fingerprint density at radius 3 is 2.95 bits per heavy atom. The molecular weight excluding hydrogens is 259 g/mol. The second-order valence-corrected chi connectivity index (χ2v) is 5.52. The van der Waals surface area contributed by atoms with Crippen LogP contribution in [-0.4, -0.2) is 43.1 Å². The van der Waals surface area contributed by atoms with Gasteiger partial charge in [0, 0.05) is 25.2 Å². The average Bonchev–Trinajstić information content (AvgIpc) is 2.77. The lowest BCUT2D eigenvalue weighted by atomic mass is 10.1. The Bertz CT molecular complexity index is 521. The quantitative estimate of drug-likeness (QED) is 0.897. The summed E-state index contributed by atoms with van der Waals surface area (Å²) in [7, 11) is 1.50. The van der Waals surface area contributed by atoms with E-state index in [0.29, 0.717) is 36.5 Å². The van der Waals surface area contributed by atoms with Gasteiger partial charge in [-0.3, -0.25) is 4.79 Å². The third-order valence-corrected chi connectivity index (χ3v) is 4.20. The summed E-state index contributed by atoms with van der Waals surface area (Å²) in [5.74, 6) is -0.127.